The molecule has 0 bridgehead atoms. The number of hydrogen-bond acceptors (Lipinski definition) is 3. The van der Waals surface area contributed by atoms with E-state index in [1.807, 2.05) is 0 Å². The molecule has 0 radical (unpaired) electrons. The molecule has 0 aliphatic carbocycles. The third-order valence-electron chi connectivity index (χ3n) is 2.97. The van der Waals surface area contributed by atoms with Gasteiger partial charge >= 0.3 is 0 Å². The predicted molar refractivity (Wildman–Crippen MR) is 55.9 cm³/mol. The molecule has 1 aliphatic heterocycles. The third-order valence-corrected chi connectivity index (χ3v) is 2.97. The van der Waals surface area contributed by atoms with Gasteiger partial charge in [-0.25, -0.2) is 0 Å². The Labute approximate surface area is 84.5 Å². The monoisotopic (exact) mass is 194 g/mol. The lowest BCUT2D eigenvalue weighted by molar-refractivity contribution is 0.325. The molecule has 1 fully saturated rings. The van der Waals surface area contributed by atoms with Gasteiger partial charge in [0.25, 0.3) is 0 Å². The fourth-order valence-electron chi connectivity index (χ4n) is 2.04. The molecule has 4 nitrogen and oxygen atoms in total. The van der Waals surface area contributed by atoms with Gasteiger partial charge in [-0.15, -0.1) is 0 Å². The number of hydrogen-bond donors (Lipinski definition) is 2. The molecule has 3 N–H and O–H groups in total. The summed E-state index contributed by atoms with van der Waals surface area (Å²) in [6.45, 7) is 7.25. The van der Waals surface area contributed by atoms with Crippen LogP contribution < -0.4 is 5.73 Å². The molecule has 14 heavy (non-hydrogen) atoms. The number of rotatable bonds is 2. The van der Waals surface area contributed by atoms with Crippen LogP contribution in [0.15, 0.2) is 0 Å². The maximum atomic E-state index is 5.87. The number of nitrogens with zero attached hydrogens (tertiary/aromatic N) is 2. The summed E-state index contributed by atoms with van der Waals surface area (Å²) in [6, 6.07) is 0.363. The second kappa shape index (κ2) is 3.71. The van der Waals surface area contributed by atoms with E-state index in [9.17, 15) is 0 Å². The topological polar surface area (TPSA) is 57.9 Å². The third kappa shape index (κ3) is 1.81. The predicted octanol–water partition coefficient (Wildman–Crippen LogP) is 0.560. The molecule has 2 rings (SSSR count). The highest BCUT2D eigenvalue weighted by Gasteiger charge is 2.20. The lowest BCUT2D eigenvalue weighted by Crippen LogP contribution is -2.26. The number of nitrogens with two attached hydrogens (primary N) is 1. The molecule has 0 spiro atoms. The van der Waals surface area contributed by atoms with Crippen molar-refractivity contribution in [3.05, 3.63) is 17.0 Å². The molecule has 1 aliphatic rings. The summed E-state index contributed by atoms with van der Waals surface area (Å²) in [5.41, 5.74) is 9.49. The Balaban J connectivity index is 2.04. The second-order valence-corrected chi connectivity index (χ2v) is 4.20. The van der Waals surface area contributed by atoms with E-state index in [1.54, 1.807) is 0 Å². The first-order valence-corrected chi connectivity index (χ1v) is 5.15. The van der Waals surface area contributed by atoms with Crippen molar-refractivity contribution in [1.82, 2.24) is 15.1 Å². The highest BCUT2D eigenvalue weighted by molar-refractivity contribution is 5.23. The molecule has 1 saturated heterocycles. The summed E-state index contributed by atoms with van der Waals surface area (Å²) in [4.78, 5) is 2.40. The van der Waals surface area contributed by atoms with E-state index >= 15 is 0 Å². The van der Waals surface area contributed by atoms with Crippen LogP contribution in [0.4, 0.5) is 0 Å². The van der Waals surface area contributed by atoms with Gasteiger partial charge in [-0.1, -0.05) is 0 Å². The summed E-state index contributed by atoms with van der Waals surface area (Å²) in [6.07, 6.45) is 1.12. The van der Waals surface area contributed by atoms with Crippen molar-refractivity contribution >= 4 is 0 Å². The Morgan fingerprint density at radius 2 is 2.36 bits per heavy atom. The van der Waals surface area contributed by atoms with E-state index < -0.39 is 0 Å². The average molecular weight is 194 g/mol. The van der Waals surface area contributed by atoms with Crippen molar-refractivity contribution in [1.29, 1.82) is 0 Å². The highest BCUT2D eigenvalue weighted by atomic mass is 15.2. The number of aromatic nitrogens is 2. The van der Waals surface area contributed by atoms with Crippen LogP contribution in [-0.2, 0) is 6.54 Å². The number of likely N-dealkylation sites (tertiary alicyclic amines) is 1. The van der Waals surface area contributed by atoms with Gasteiger partial charge in [0.2, 0.25) is 0 Å². The van der Waals surface area contributed by atoms with Crippen molar-refractivity contribution in [2.75, 3.05) is 13.1 Å². The Morgan fingerprint density at radius 1 is 1.57 bits per heavy atom. The van der Waals surface area contributed by atoms with Gasteiger partial charge < -0.3 is 5.73 Å². The summed E-state index contributed by atoms with van der Waals surface area (Å²) < 4.78 is 0. The van der Waals surface area contributed by atoms with Crippen molar-refractivity contribution in [2.45, 2.75) is 32.9 Å². The lowest BCUT2D eigenvalue weighted by Gasteiger charge is -2.14. The number of aryl methyl sites for hydroxylation is 2. The maximum absolute atomic E-state index is 5.87. The van der Waals surface area contributed by atoms with Crippen LogP contribution in [0.25, 0.3) is 0 Å². The molecule has 2 heterocycles. The van der Waals surface area contributed by atoms with Gasteiger partial charge in [-0.2, -0.15) is 5.10 Å². The van der Waals surface area contributed by atoms with Crippen molar-refractivity contribution in [2.24, 2.45) is 5.73 Å². The molecule has 0 amide bonds. The molecule has 0 saturated carbocycles. The van der Waals surface area contributed by atoms with Gasteiger partial charge in [-0.3, -0.25) is 10.00 Å². The molecular weight excluding hydrogens is 176 g/mol. The summed E-state index contributed by atoms with van der Waals surface area (Å²) in [5, 5.41) is 7.21. The molecule has 1 aromatic heterocycles. The zero-order valence-electron chi connectivity index (χ0n) is 8.88. The normalized spacial score (nSPS) is 23.2. The van der Waals surface area contributed by atoms with Crippen molar-refractivity contribution in [3.8, 4) is 0 Å². The second-order valence-electron chi connectivity index (χ2n) is 4.20. The van der Waals surface area contributed by atoms with Gasteiger partial charge in [0.1, 0.15) is 0 Å². The minimum Gasteiger partial charge on any atom is -0.326 e. The summed E-state index contributed by atoms with van der Waals surface area (Å²) >= 11 is 0. The lowest BCUT2D eigenvalue weighted by atomic mass is 10.2. The largest absolute Gasteiger partial charge is 0.326 e. The van der Waals surface area contributed by atoms with Gasteiger partial charge in [0, 0.05) is 36.9 Å². The van der Waals surface area contributed by atoms with Gasteiger partial charge in [-0.05, 0) is 20.3 Å². The van der Waals surface area contributed by atoms with Crippen LogP contribution in [0.5, 0.6) is 0 Å². The first kappa shape index (κ1) is 9.68. The minimum absolute atomic E-state index is 0.363. The maximum Gasteiger partial charge on any atom is 0.0639 e. The van der Waals surface area contributed by atoms with E-state index in [4.69, 9.17) is 5.73 Å². The van der Waals surface area contributed by atoms with Crippen LogP contribution in [-0.4, -0.2) is 34.2 Å². The number of nitrogens with one attached hydrogen (secondary N) is 1. The Hall–Kier alpha value is -0.870. The first-order valence-electron chi connectivity index (χ1n) is 5.15. The van der Waals surface area contributed by atoms with Crippen molar-refractivity contribution in [3.63, 3.8) is 0 Å². The Bertz CT molecular complexity index is 298. The standard InChI is InChI=1S/C10H18N4/c1-7-10(8(2)13-12-7)6-14-4-3-9(11)5-14/h9H,3-6,11H2,1-2H3,(H,12,13)/t9-/m0/s1. The molecule has 0 unspecified atom stereocenters. The quantitative estimate of drug-likeness (QED) is 0.723. The van der Waals surface area contributed by atoms with Gasteiger partial charge in [0.15, 0.2) is 0 Å². The summed E-state index contributed by atoms with van der Waals surface area (Å²) in [7, 11) is 0. The molecule has 4 heteroatoms. The minimum atomic E-state index is 0.363. The van der Waals surface area contributed by atoms with Crippen LogP contribution >= 0.6 is 0 Å². The van der Waals surface area contributed by atoms with Gasteiger partial charge in [0.05, 0.1) is 5.69 Å². The molecule has 78 valence electrons. The van der Waals surface area contributed by atoms with E-state index in [0.717, 1.165) is 31.7 Å². The van der Waals surface area contributed by atoms with E-state index in [1.165, 1.54) is 11.3 Å². The van der Waals surface area contributed by atoms with E-state index in [-0.39, 0.29) is 0 Å². The van der Waals surface area contributed by atoms with Crippen LogP contribution in [0, 0.1) is 13.8 Å². The fourth-order valence-corrected chi connectivity index (χ4v) is 2.04. The number of aromatic amines is 1. The summed E-state index contributed by atoms with van der Waals surface area (Å²) in [5.74, 6) is 0. The first-order chi connectivity index (χ1) is 6.66. The van der Waals surface area contributed by atoms with E-state index in [0.29, 0.717) is 6.04 Å². The fraction of sp³-hybridized carbons (Fsp3) is 0.700. The smallest absolute Gasteiger partial charge is 0.0639 e. The van der Waals surface area contributed by atoms with E-state index in [2.05, 4.69) is 28.9 Å². The Kier molecular flexibility index (Phi) is 2.56. The SMILES string of the molecule is Cc1n[nH]c(C)c1CN1CC[C@H](N)C1. The zero-order valence-corrected chi connectivity index (χ0v) is 8.88. The molecule has 1 aromatic rings. The van der Waals surface area contributed by atoms with Crippen molar-refractivity contribution < 1.29 is 0 Å². The highest BCUT2D eigenvalue weighted by Crippen LogP contribution is 2.16. The Morgan fingerprint density at radius 3 is 2.86 bits per heavy atom. The van der Waals surface area contributed by atoms with Crippen LogP contribution in [0.3, 0.4) is 0 Å². The molecule has 1 atom stereocenters. The average Bonchev–Trinajstić information content (AvgIpc) is 2.67. The van der Waals surface area contributed by atoms with Crippen LogP contribution in [0.1, 0.15) is 23.4 Å². The zero-order chi connectivity index (χ0) is 10.1. The molecular formula is C10H18N4. The van der Waals surface area contributed by atoms with Crippen LogP contribution in [0.2, 0.25) is 0 Å². The molecule has 0 aromatic carbocycles. The number of H-pyrrole nitrogens is 1.